The highest BCUT2D eigenvalue weighted by Gasteiger charge is 2.46. The molecule has 0 spiro atoms. The highest BCUT2D eigenvalue weighted by atomic mass is 32.1. The molecule has 1 aromatic heterocycles. The zero-order valence-corrected chi connectivity index (χ0v) is 13.8. The first-order valence-electron chi connectivity index (χ1n) is 7.84. The van der Waals surface area contributed by atoms with Crippen molar-refractivity contribution in [2.45, 2.75) is 25.4 Å². The summed E-state index contributed by atoms with van der Waals surface area (Å²) in [6, 6.07) is 4.01. The number of ether oxygens (including phenoxy) is 2. The molecule has 3 rings (SSSR count). The average Bonchev–Trinajstić information content (AvgIpc) is 3.05. The van der Waals surface area contributed by atoms with Crippen LogP contribution in [-0.4, -0.2) is 50.3 Å². The van der Waals surface area contributed by atoms with E-state index in [2.05, 4.69) is 0 Å². The number of rotatable bonds is 4. The van der Waals surface area contributed by atoms with Crippen molar-refractivity contribution in [2.75, 3.05) is 33.4 Å². The van der Waals surface area contributed by atoms with Crippen LogP contribution in [0.4, 0.5) is 0 Å². The number of thiophene rings is 1. The van der Waals surface area contributed by atoms with Crippen molar-refractivity contribution in [3.8, 4) is 0 Å². The summed E-state index contributed by atoms with van der Waals surface area (Å²) in [6.07, 6.45) is 6.85. The summed E-state index contributed by atoms with van der Waals surface area (Å²) in [6.45, 7) is 3.00. The van der Waals surface area contributed by atoms with Gasteiger partial charge in [0.25, 0.3) is 0 Å². The molecule has 0 bridgehead atoms. The summed E-state index contributed by atoms with van der Waals surface area (Å²) in [5.74, 6) is 0.0906. The molecule has 22 heavy (non-hydrogen) atoms. The Bertz CT molecular complexity index is 524. The zero-order valence-electron chi connectivity index (χ0n) is 13.0. The van der Waals surface area contributed by atoms with Gasteiger partial charge in [0.05, 0.1) is 12.7 Å². The molecule has 0 unspecified atom stereocenters. The van der Waals surface area contributed by atoms with Crippen molar-refractivity contribution in [1.82, 2.24) is 4.90 Å². The van der Waals surface area contributed by atoms with E-state index in [-0.39, 0.29) is 17.4 Å². The van der Waals surface area contributed by atoms with Gasteiger partial charge in [0, 0.05) is 43.2 Å². The SMILES string of the molecule is COC[C@]12CCCO[C@@H]1CCN(C(=O)/C=C/c1cccs1)C2. The molecule has 1 aromatic rings. The third kappa shape index (κ3) is 3.26. The first kappa shape index (κ1) is 15.7. The summed E-state index contributed by atoms with van der Waals surface area (Å²) in [5.41, 5.74) is -0.0301. The van der Waals surface area contributed by atoms with Gasteiger partial charge in [0.15, 0.2) is 0 Å². The second-order valence-electron chi connectivity index (χ2n) is 6.16. The Labute approximate surface area is 135 Å². The Kier molecular flexibility index (Phi) is 4.96. The van der Waals surface area contributed by atoms with Crippen LogP contribution in [0.25, 0.3) is 6.08 Å². The van der Waals surface area contributed by atoms with E-state index in [1.807, 2.05) is 28.5 Å². The maximum absolute atomic E-state index is 12.5. The van der Waals surface area contributed by atoms with Gasteiger partial charge in [-0.05, 0) is 36.8 Å². The number of nitrogens with zero attached hydrogens (tertiary/aromatic N) is 1. The minimum atomic E-state index is -0.0301. The van der Waals surface area contributed by atoms with Crippen LogP contribution < -0.4 is 0 Å². The molecule has 1 amide bonds. The molecule has 2 saturated heterocycles. The molecule has 2 atom stereocenters. The molecule has 0 radical (unpaired) electrons. The lowest BCUT2D eigenvalue weighted by Crippen LogP contribution is -2.57. The summed E-state index contributed by atoms with van der Waals surface area (Å²) >= 11 is 1.64. The van der Waals surface area contributed by atoms with Gasteiger partial charge < -0.3 is 14.4 Å². The van der Waals surface area contributed by atoms with Crippen molar-refractivity contribution in [3.63, 3.8) is 0 Å². The van der Waals surface area contributed by atoms with Crippen molar-refractivity contribution >= 4 is 23.3 Å². The molecule has 0 aliphatic carbocycles. The fraction of sp³-hybridized carbons (Fsp3) is 0.588. The maximum atomic E-state index is 12.5. The van der Waals surface area contributed by atoms with E-state index in [0.29, 0.717) is 6.61 Å². The molecule has 0 N–H and O–H groups in total. The largest absolute Gasteiger partial charge is 0.384 e. The van der Waals surface area contributed by atoms with Gasteiger partial charge in [-0.25, -0.2) is 0 Å². The lowest BCUT2D eigenvalue weighted by molar-refractivity contribution is -0.159. The maximum Gasteiger partial charge on any atom is 0.246 e. The quantitative estimate of drug-likeness (QED) is 0.801. The van der Waals surface area contributed by atoms with Gasteiger partial charge in [-0.15, -0.1) is 11.3 Å². The van der Waals surface area contributed by atoms with Crippen LogP contribution in [0, 0.1) is 5.41 Å². The number of carbonyl (C=O) groups is 1. The van der Waals surface area contributed by atoms with Crippen LogP contribution in [0.3, 0.4) is 0 Å². The van der Waals surface area contributed by atoms with Crippen molar-refractivity contribution < 1.29 is 14.3 Å². The van der Waals surface area contributed by atoms with Crippen molar-refractivity contribution in [3.05, 3.63) is 28.5 Å². The molecule has 3 heterocycles. The van der Waals surface area contributed by atoms with Gasteiger partial charge >= 0.3 is 0 Å². The molecule has 4 nitrogen and oxygen atoms in total. The molecular formula is C17H23NO3S. The van der Waals surface area contributed by atoms with Gasteiger partial charge in [-0.3, -0.25) is 4.79 Å². The second-order valence-corrected chi connectivity index (χ2v) is 7.13. The number of methoxy groups -OCH3 is 1. The van der Waals surface area contributed by atoms with Gasteiger partial charge in [-0.2, -0.15) is 0 Å². The summed E-state index contributed by atoms with van der Waals surface area (Å²) in [7, 11) is 1.73. The topological polar surface area (TPSA) is 38.8 Å². The predicted octanol–water partition coefficient (Wildman–Crippen LogP) is 2.81. The molecule has 2 fully saturated rings. The highest BCUT2D eigenvalue weighted by molar-refractivity contribution is 7.10. The van der Waals surface area contributed by atoms with E-state index >= 15 is 0 Å². The van der Waals surface area contributed by atoms with Crippen molar-refractivity contribution in [1.29, 1.82) is 0 Å². The third-order valence-electron chi connectivity index (χ3n) is 4.66. The summed E-state index contributed by atoms with van der Waals surface area (Å²) in [4.78, 5) is 15.5. The molecule has 2 aliphatic heterocycles. The number of amides is 1. The van der Waals surface area contributed by atoms with E-state index in [1.54, 1.807) is 24.5 Å². The number of piperidine rings is 1. The first-order valence-corrected chi connectivity index (χ1v) is 8.72. The molecule has 5 heteroatoms. The minimum absolute atomic E-state index is 0.0301. The average molecular weight is 321 g/mol. The third-order valence-corrected chi connectivity index (χ3v) is 5.50. The Balaban J connectivity index is 1.68. The molecule has 120 valence electrons. The van der Waals surface area contributed by atoms with E-state index in [1.165, 1.54) is 0 Å². The van der Waals surface area contributed by atoms with Crippen LogP contribution in [0.1, 0.15) is 24.1 Å². The minimum Gasteiger partial charge on any atom is -0.384 e. The number of carbonyl (C=O) groups excluding carboxylic acids is 1. The molecule has 2 aliphatic rings. The predicted molar refractivity (Wildman–Crippen MR) is 87.8 cm³/mol. The van der Waals surface area contributed by atoms with Crippen LogP contribution in [-0.2, 0) is 14.3 Å². The normalized spacial score (nSPS) is 28.8. The van der Waals surface area contributed by atoms with E-state index in [4.69, 9.17) is 9.47 Å². The Morgan fingerprint density at radius 1 is 1.64 bits per heavy atom. The summed E-state index contributed by atoms with van der Waals surface area (Å²) in [5, 5.41) is 2.02. The lowest BCUT2D eigenvalue weighted by atomic mass is 9.73. The Morgan fingerprint density at radius 2 is 2.55 bits per heavy atom. The standard InChI is InChI=1S/C17H23NO3S/c1-20-13-17-8-3-10-21-15(17)7-9-18(12-17)16(19)6-5-14-4-2-11-22-14/h2,4-6,11,15H,3,7-10,12-13H2,1H3/b6-5+/t15-,17-/m1/s1. The Hall–Kier alpha value is -1.17. The monoisotopic (exact) mass is 321 g/mol. The zero-order chi connectivity index (χ0) is 15.4. The smallest absolute Gasteiger partial charge is 0.246 e. The number of fused-ring (bicyclic) bond motifs is 1. The first-order chi connectivity index (χ1) is 10.7. The fourth-order valence-corrected chi connectivity index (χ4v) is 4.24. The second kappa shape index (κ2) is 6.94. The van der Waals surface area contributed by atoms with Crippen LogP contribution in [0.5, 0.6) is 0 Å². The van der Waals surface area contributed by atoms with Crippen molar-refractivity contribution in [2.24, 2.45) is 5.41 Å². The molecule has 0 saturated carbocycles. The molecular weight excluding hydrogens is 298 g/mol. The van der Waals surface area contributed by atoms with Gasteiger partial charge in [0.2, 0.25) is 5.91 Å². The fourth-order valence-electron chi connectivity index (χ4n) is 3.62. The van der Waals surface area contributed by atoms with Gasteiger partial charge in [0.1, 0.15) is 0 Å². The number of hydrogen-bond donors (Lipinski definition) is 0. The van der Waals surface area contributed by atoms with Gasteiger partial charge in [-0.1, -0.05) is 6.07 Å². The Morgan fingerprint density at radius 3 is 3.32 bits per heavy atom. The van der Waals surface area contributed by atoms with E-state index in [9.17, 15) is 4.79 Å². The number of likely N-dealkylation sites (tertiary alicyclic amines) is 1. The van der Waals surface area contributed by atoms with Crippen LogP contribution >= 0.6 is 11.3 Å². The van der Waals surface area contributed by atoms with E-state index in [0.717, 1.165) is 43.8 Å². The lowest BCUT2D eigenvalue weighted by Gasteiger charge is -2.50. The number of hydrogen-bond acceptors (Lipinski definition) is 4. The molecule has 0 aromatic carbocycles. The van der Waals surface area contributed by atoms with Crippen LogP contribution in [0.15, 0.2) is 23.6 Å². The summed E-state index contributed by atoms with van der Waals surface area (Å²) < 4.78 is 11.4. The van der Waals surface area contributed by atoms with Crippen LogP contribution in [0.2, 0.25) is 0 Å². The van der Waals surface area contributed by atoms with E-state index < -0.39 is 0 Å². The highest BCUT2D eigenvalue weighted by Crippen LogP contribution is 2.40.